The van der Waals surface area contributed by atoms with E-state index in [1.54, 1.807) is 53.4 Å². The van der Waals surface area contributed by atoms with Gasteiger partial charge in [-0.25, -0.2) is 24.2 Å². The van der Waals surface area contributed by atoms with E-state index >= 15 is 0 Å². The number of amidine groups is 1. The van der Waals surface area contributed by atoms with Crippen LogP contribution in [0.1, 0.15) is 5.56 Å². The Morgan fingerprint density at radius 2 is 1.47 bits per heavy atom. The molecule has 1 spiro atoms. The lowest BCUT2D eigenvalue weighted by Gasteiger charge is -2.43. The highest BCUT2D eigenvalue weighted by Crippen LogP contribution is 2.41. The third-order valence-electron chi connectivity index (χ3n) is 6.10. The number of nitrogens with zero attached hydrogens (tertiary/aromatic N) is 5. The number of carbonyl (C=O) groups is 2. The fourth-order valence-corrected chi connectivity index (χ4v) is 4.22. The lowest BCUT2D eigenvalue weighted by Crippen LogP contribution is -2.64. The normalized spacial score (nSPS) is 17.0. The van der Waals surface area contributed by atoms with Crippen molar-refractivity contribution in [3.63, 3.8) is 0 Å². The second-order valence-electron chi connectivity index (χ2n) is 8.47. The van der Waals surface area contributed by atoms with Gasteiger partial charge in [0, 0.05) is 17.1 Å². The highest BCUT2D eigenvalue weighted by Gasteiger charge is 2.61. The van der Waals surface area contributed by atoms with Gasteiger partial charge in [-0.2, -0.15) is 4.99 Å². The molecule has 0 bridgehead atoms. The molecule has 3 aromatic rings. The molecule has 0 unspecified atom stereocenters. The van der Waals surface area contributed by atoms with Gasteiger partial charge in [-0.3, -0.25) is 4.90 Å². The van der Waals surface area contributed by atoms with Crippen molar-refractivity contribution in [2.75, 3.05) is 28.3 Å². The van der Waals surface area contributed by atoms with Crippen LogP contribution in [0.15, 0.2) is 77.8 Å². The average Bonchev–Trinajstić information content (AvgIpc) is 3.13. The number of anilines is 3. The van der Waals surface area contributed by atoms with Crippen LogP contribution in [0.5, 0.6) is 0 Å². The molecule has 2 aliphatic rings. The molecule has 176 valence electrons. The molecular formula is C27H20N6O3. The first-order valence-electron chi connectivity index (χ1n) is 11.1. The number of rotatable bonds is 3. The van der Waals surface area contributed by atoms with E-state index in [1.165, 1.54) is 4.90 Å². The summed E-state index contributed by atoms with van der Waals surface area (Å²) in [6, 6.07) is 19.5. The van der Waals surface area contributed by atoms with Crippen molar-refractivity contribution < 1.29 is 14.3 Å². The van der Waals surface area contributed by atoms with Crippen molar-refractivity contribution in [1.82, 2.24) is 0 Å². The van der Waals surface area contributed by atoms with E-state index in [2.05, 4.69) is 20.0 Å². The molecule has 0 atom stereocenters. The van der Waals surface area contributed by atoms with E-state index in [-0.39, 0.29) is 25.1 Å². The first-order valence-corrected chi connectivity index (χ1v) is 11.1. The molecule has 2 saturated heterocycles. The fraction of sp³-hybridized carbons (Fsp3) is 0.148. The van der Waals surface area contributed by atoms with Crippen LogP contribution in [-0.2, 0) is 4.74 Å². The monoisotopic (exact) mass is 476 g/mol. The van der Waals surface area contributed by atoms with Crippen LogP contribution in [0, 0.1) is 20.1 Å². The molecule has 36 heavy (non-hydrogen) atoms. The van der Waals surface area contributed by atoms with Crippen molar-refractivity contribution in [1.29, 1.82) is 0 Å². The van der Waals surface area contributed by atoms with Gasteiger partial charge >= 0.3 is 12.1 Å². The quantitative estimate of drug-likeness (QED) is 0.475. The van der Waals surface area contributed by atoms with Gasteiger partial charge in [-0.15, -0.1) is 0 Å². The molecule has 9 heteroatoms. The number of nitrogens with one attached hydrogen (secondary N) is 1. The SMILES string of the molecule is [C-]#[N+]c1ccc(NC(=O)/N=C2\N(c3ccc([N+]#[C-])cc3)C(=O)N(c3ccc(C)cc3)C23COC3)cc1. The molecule has 3 aromatic carbocycles. The molecule has 1 N–H and O–H groups in total. The number of carbonyl (C=O) groups excluding carboxylic acids is 2. The third-order valence-corrected chi connectivity index (χ3v) is 6.10. The summed E-state index contributed by atoms with van der Waals surface area (Å²) in [6.45, 7) is 16.6. The number of hydrogen-bond donors (Lipinski definition) is 1. The van der Waals surface area contributed by atoms with Crippen LogP contribution in [0.4, 0.5) is 38.0 Å². The standard InChI is InChI=1S/C27H20N6O3/c1-18-4-12-23(13-5-18)33-26(35)32(22-14-10-20(29-3)11-15-22)24(27(33)16-36-17-27)31-25(34)30-21-8-6-19(28-2)7-9-21/h4-15H,16-17H2,1H3,(H,30,34)/b31-24-. The zero-order valence-corrected chi connectivity index (χ0v) is 19.3. The zero-order valence-electron chi connectivity index (χ0n) is 19.3. The Balaban J connectivity index is 1.58. The molecule has 5 rings (SSSR count). The van der Waals surface area contributed by atoms with Gasteiger partial charge < -0.3 is 10.1 Å². The summed E-state index contributed by atoms with van der Waals surface area (Å²) >= 11 is 0. The molecule has 2 heterocycles. The molecule has 0 aliphatic carbocycles. The molecule has 9 nitrogen and oxygen atoms in total. The summed E-state index contributed by atoms with van der Waals surface area (Å²) in [7, 11) is 0. The van der Waals surface area contributed by atoms with Gasteiger partial charge in [0.15, 0.2) is 22.7 Å². The van der Waals surface area contributed by atoms with E-state index in [9.17, 15) is 9.59 Å². The predicted octanol–water partition coefficient (Wildman–Crippen LogP) is 5.94. The Bertz CT molecular complexity index is 1440. The summed E-state index contributed by atoms with van der Waals surface area (Å²) in [6.07, 6.45) is 0. The molecule has 2 fully saturated rings. The Hall–Kier alpha value is -4.99. The topological polar surface area (TPSA) is 83.0 Å². The van der Waals surface area contributed by atoms with Gasteiger partial charge in [0.2, 0.25) is 0 Å². The highest BCUT2D eigenvalue weighted by atomic mass is 16.5. The second-order valence-corrected chi connectivity index (χ2v) is 8.47. The van der Waals surface area contributed by atoms with Crippen molar-refractivity contribution in [2.24, 2.45) is 4.99 Å². The van der Waals surface area contributed by atoms with Crippen molar-refractivity contribution in [3.8, 4) is 0 Å². The third kappa shape index (κ3) is 3.84. The van der Waals surface area contributed by atoms with Gasteiger partial charge in [0.25, 0.3) is 0 Å². The van der Waals surface area contributed by atoms with Gasteiger partial charge in [0.05, 0.1) is 26.4 Å². The maximum Gasteiger partial charge on any atom is 0.347 e. The van der Waals surface area contributed by atoms with Crippen molar-refractivity contribution in [3.05, 3.63) is 101 Å². The number of hydrogen-bond acceptors (Lipinski definition) is 3. The van der Waals surface area contributed by atoms with E-state index in [0.717, 1.165) is 5.56 Å². The maximum atomic E-state index is 13.9. The summed E-state index contributed by atoms with van der Waals surface area (Å²) in [5, 5.41) is 2.71. The van der Waals surface area contributed by atoms with E-state index in [4.69, 9.17) is 17.9 Å². The fourth-order valence-electron chi connectivity index (χ4n) is 4.22. The first-order chi connectivity index (χ1) is 17.4. The molecule has 0 radical (unpaired) electrons. The van der Waals surface area contributed by atoms with E-state index < -0.39 is 11.6 Å². The van der Waals surface area contributed by atoms with Crippen LogP contribution in [0.3, 0.4) is 0 Å². The smallest absolute Gasteiger partial charge is 0.347 e. The minimum atomic E-state index is -0.962. The summed E-state index contributed by atoms with van der Waals surface area (Å²) < 4.78 is 5.56. The van der Waals surface area contributed by atoms with E-state index in [1.807, 2.05) is 31.2 Å². The number of ether oxygens (including phenoxy) is 1. The number of benzene rings is 3. The van der Waals surface area contributed by atoms with Crippen LogP contribution in [0.25, 0.3) is 9.69 Å². The minimum absolute atomic E-state index is 0.176. The van der Waals surface area contributed by atoms with Crippen LogP contribution in [0.2, 0.25) is 0 Å². The average molecular weight is 476 g/mol. The Kier molecular flexibility index (Phi) is 5.69. The molecule has 0 saturated carbocycles. The number of aryl methyl sites for hydroxylation is 1. The lowest BCUT2D eigenvalue weighted by molar-refractivity contribution is -0.0152. The van der Waals surface area contributed by atoms with E-state index in [0.29, 0.717) is 28.4 Å². The zero-order chi connectivity index (χ0) is 25.3. The predicted molar refractivity (Wildman–Crippen MR) is 137 cm³/mol. The molecule has 0 aromatic heterocycles. The Morgan fingerprint density at radius 1 is 0.917 bits per heavy atom. The summed E-state index contributed by atoms with van der Waals surface area (Å²) in [5.41, 5.74) is 2.60. The van der Waals surface area contributed by atoms with Gasteiger partial charge in [0.1, 0.15) is 0 Å². The molecule has 4 amide bonds. The van der Waals surface area contributed by atoms with Crippen LogP contribution in [-0.4, -0.2) is 36.7 Å². The number of aliphatic imine (C=N–C) groups is 1. The first kappa shape index (κ1) is 22.8. The maximum absolute atomic E-state index is 13.9. The van der Waals surface area contributed by atoms with Crippen LogP contribution < -0.4 is 15.1 Å². The number of amides is 4. The van der Waals surface area contributed by atoms with Crippen molar-refractivity contribution in [2.45, 2.75) is 12.5 Å². The molecular weight excluding hydrogens is 456 g/mol. The number of urea groups is 2. The van der Waals surface area contributed by atoms with Crippen molar-refractivity contribution >= 4 is 46.3 Å². The Morgan fingerprint density at radius 3 is 2.00 bits per heavy atom. The van der Waals surface area contributed by atoms with Crippen LogP contribution >= 0.6 is 0 Å². The Labute approximate surface area is 207 Å². The summed E-state index contributed by atoms with van der Waals surface area (Å²) in [4.78, 5) is 41.0. The highest BCUT2D eigenvalue weighted by molar-refractivity contribution is 6.34. The molecule has 2 aliphatic heterocycles. The lowest BCUT2D eigenvalue weighted by atomic mass is 9.93. The largest absolute Gasteiger partial charge is 0.375 e. The van der Waals surface area contributed by atoms with Gasteiger partial charge in [-0.05, 0) is 43.3 Å². The second kappa shape index (κ2) is 8.99. The minimum Gasteiger partial charge on any atom is -0.375 e. The summed E-state index contributed by atoms with van der Waals surface area (Å²) in [5.74, 6) is 0.241. The van der Waals surface area contributed by atoms with Gasteiger partial charge in [-0.1, -0.05) is 42.0 Å².